The van der Waals surface area contributed by atoms with Crippen molar-refractivity contribution >= 4 is 37.6 Å². The van der Waals surface area contributed by atoms with Crippen LogP contribution in [-0.4, -0.2) is 7.11 Å². The summed E-state index contributed by atoms with van der Waals surface area (Å²) in [5.41, 5.74) is -0.0225. The van der Waals surface area contributed by atoms with Crippen molar-refractivity contribution in [2.24, 2.45) is 0 Å². The molecule has 0 saturated heterocycles. The molecule has 0 saturated carbocycles. The lowest BCUT2D eigenvalue weighted by molar-refractivity contribution is 0.427. The molecule has 6 heteroatoms. The predicted molar refractivity (Wildman–Crippen MR) is 70.0 cm³/mol. The molecule has 0 atom stereocenters. The van der Waals surface area contributed by atoms with E-state index in [2.05, 4.69) is 0 Å². The third-order valence-electron chi connectivity index (χ3n) is 2.22. The normalized spacial score (nSPS) is 9.22. The minimum Gasteiger partial charge on any atom is -0.487 e. The van der Waals surface area contributed by atoms with Crippen LogP contribution in [-0.2, 0) is 0 Å². The predicted octanol–water partition coefficient (Wildman–Crippen LogP) is 3.30. The van der Waals surface area contributed by atoms with Crippen molar-refractivity contribution in [1.82, 2.24) is 0 Å². The van der Waals surface area contributed by atoms with Gasteiger partial charge in [0.1, 0.15) is 23.8 Å². The summed E-state index contributed by atoms with van der Waals surface area (Å²) in [7, 11) is 1.60. The Morgan fingerprint density at radius 3 is 2.22 bits per heavy atom. The monoisotopic (exact) mass is 271 g/mol. The van der Waals surface area contributed by atoms with Crippen molar-refractivity contribution < 1.29 is 4.74 Å². The second-order valence-electron chi connectivity index (χ2n) is 3.19. The van der Waals surface area contributed by atoms with Crippen LogP contribution in [0, 0.1) is 34.0 Å². The Hall–Kier alpha value is -2.33. The molecule has 0 amide bonds. The number of methoxy groups -OCH3 is 1. The van der Waals surface area contributed by atoms with Crippen LogP contribution in [0.5, 0.6) is 5.06 Å². The molecular formula is C12H5N3OS2. The largest absolute Gasteiger partial charge is 0.487 e. The number of hydrogen-bond donors (Lipinski definition) is 0. The Morgan fingerprint density at radius 2 is 1.72 bits per heavy atom. The first kappa shape index (κ1) is 12.1. The van der Waals surface area contributed by atoms with Crippen LogP contribution in [0.15, 0.2) is 17.7 Å². The highest BCUT2D eigenvalue weighted by atomic mass is 32.1. The summed E-state index contributed by atoms with van der Waals surface area (Å²) in [5.74, 6) is 0. The maximum atomic E-state index is 9.05. The van der Waals surface area contributed by atoms with Crippen molar-refractivity contribution in [3.63, 3.8) is 0 Å². The second-order valence-corrected chi connectivity index (χ2v) is 5.32. The Labute approximate surface area is 111 Å². The lowest BCUT2D eigenvalue weighted by Crippen LogP contribution is -1.82. The molecule has 0 aromatic carbocycles. The van der Waals surface area contributed by atoms with Gasteiger partial charge in [0.25, 0.3) is 0 Å². The van der Waals surface area contributed by atoms with Crippen LogP contribution in [0.3, 0.4) is 0 Å². The SMILES string of the molecule is COc1cc2sc(C(C#N)=C(C#N)C#N)cc2s1. The third-order valence-corrected chi connectivity index (χ3v) is 4.49. The summed E-state index contributed by atoms with van der Waals surface area (Å²) >= 11 is 2.84. The Bertz CT molecular complexity index is 714. The van der Waals surface area contributed by atoms with Crippen molar-refractivity contribution in [3.8, 4) is 23.3 Å². The van der Waals surface area contributed by atoms with Gasteiger partial charge in [-0.1, -0.05) is 11.3 Å². The standard InChI is InChI=1S/C12H5N3OS2/c1-16-12-3-11-10(18-12)2-9(17-11)8(6-15)7(4-13)5-14/h2-3H,1H3. The van der Waals surface area contributed by atoms with Crippen molar-refractivity contribution in [2.75, 3.05) is 7.11 Å². The number of allylic oxidation sites excluding steroid dienone is 2. The lowest BCUT2D eigenvalue weighted by atomic mass is 10.1. The molecule has 0 N–H and O–H groups in total. The molecule has 0 spiro atoms. The highest BCUT2D eigenvalue weighted by Crippen LogP contribution is 2.39. The second kappa shape index (κ2) is 4.89. The summed E-state index contributed by atoms with van der Waals surface area (Å²) in [5, 5.41) is 27.5. The van der Waals surface area contributed by atoms with E-state index in [9.17, 15) is 0 Å². The van der Waals surface area contributed by atoms with Gasteiger partial charge < -0.3 is 4.74 Å². The molecule has 2 heterocycles. The number of nitriles is 3. The topological polar surface area (TPSA) is 80.6 Å². The van der Waals surface area contributed by atoms with E-state index in [1.165, 1.54) is 22.7 Å². The minimum atomic E-state index is -0.154. The van der Waals surface area contributed by atoms with Gasteiger partial charge in [-0.2, -0.15) is 15.8 Å². The zero-order valence-electron chi connectivity index (χ0n) is 9.22. The summed E-state index contributed by atoms with van der Waals surface area (Å²) in [6.45, 7) is 0. The zero-order chi connectivity index (χ0) is 13.1. The molecule has 0 fully saturated rings. The molecule has 2 aromatic rings. The molecule has 0 radical (unpaired) electrons. The average molecular weight is 271 g/mol. The molecule has 0 aliphatic heterocycles. The Balaban J connectivity index is 2.59. The first-order valence-electron chi connectivity index (χ1n) is 4.75. The van der Waals surface area contributed by atoms with Gasteiger partial charge in [0.15, 0.2) is 5.06 Å². The van der Waals surface area contributed by atoms with Gasteiger partial charge in [-0.25, -0.2) is 0 Å². The highest BCUT2D eigenvalue weighted by molar-refractivity contribution is 7.29. The van der Waals surface area contributed by atoms with E-state index in [-0.39, 0.29) is 11.1 Å². The number of nitrogens with zero attached hydrogens (tertiary/aromatic N) is 3. The van der Waals surface area contributed by atoms with Crippen molar-refractivity contribution in [1.29, 1.82) is 15.8 Å². The molecule has 86 valence electrons. The molecule has 0 unspecified atom stereocenters. The van der Waals surface area contributed by atoms with Gasteiger partial charge >= 0.3 is 0 Å². The minimum absolute atomic E-state index is 0.132. The van der Waals surface area contributed by atoms with Crippen LogP contribution in [0.1, 0.15) is 4.88 Å². The van der Waals surface area contributed by atoms with Crippen LogP contribution in [0.25, 0.3) is 15.0 Å². The van der Waals surface area contributed by atoms with Crippen LogP contribution in [0.2, 0.25) is 0 Å². The quantitative estimate of drug-likeness (QED) is 0.785. The van der Waals surface area contributed by atoms with Gasteiger partial charge in [-0.3, -0.25) is 0 Å². The van der Waals surface area contributed by atoms with Gasteiger partial charge in [-0.05, 0) is 6.07 Å². The van der Waals surface area contributed by atoms with E-state index in [1.807, 2.05) is 12.1 Å². The van der Waals surface area contributed by atoms with Crippen molar-refractivity contribution in [3.05, 3.63) is 22.6 Å². The van der Waals surface area contributed by atoms with Gasteiger partial charge in [-0.15, -0.1) is 11.3 Å². The fourth-order valence-corrected chi connectivity index (χ4v) is 3.61. The van der Waals surface area contributed by atoms with E-state index < -0.39 is 0 Å². The zero-order valence-corrected chi connectivity index (χ0v) is 10.9. The molecule has 4 nitrogen and oxygen atoms in total. The lowest BCUT2D eigenvalue weighted by Gasteiger charge is -1.92. The van der Waals surface area contributed by atoms with E-state index >= 15 is 0 Å². The summed E-state index contributed by atoms with van der Waals surface area (Å²) in [4.78, 5) is 0.638. The van der Waals surface area contributed by atoms with Gasteiger partial charge in [0.2, 0.25) is 0 Å². The molecule has 2 aromatic heterocycles. The Kier molecular flexibility index (Phi) is 3.30. The smallest absolute Gasteiger partial charge is 0.175 e. The fraction of sp³-hybridized carbons (Fsp3) is 0.0833. The summed E-state index contributed by atoms with van der Waals surface area (Å²) in [6, 6.07) is 9.08. The van der Waals surface area contributed by atoms with Gasteiger partial charge in [0, 0.05) is 20.3 Å². The van der Waals surface area contributed by atoms with Crippen molar-refractivity contribution in [2.45, 2.75) is 0 Å². The van der Waals surface area contributed by atoms with Crippen LogP contribution < -0.4 is 4.74 Å². The maximum Gasteiger partial charge on any atom is 0.175 e. The third kappa shape index (κ3) is 1.94. The number of rotatable bonds is 2. The average Bonchev–Trinajstić information content (AvgIpc) is 2.93. The number of hydrogen-bond acceptors (Lipinski definition) is 6. The fourth-order valence-electron chi connectivity index (χ4n) is 1.41. The maximum absolute atomic E-state index is 9.05. The van der Waals surface area contributed by atoms with E-state index in [0.29, 0.717) is 4.88 Å². The number of ether oxygens (including phenoxy) is 1. The molecule has 18 heavy (non-hydrogen) atoms. The van der Waals surface area contributed by atoms with Gasteiger partial charge in [0.05, 0.1) is 12.7 Å². The van der Waals surface area contributed by atoms with Crippen LogP contribution in [0.4, 0.5) is 0 Å². The highest BCUT2D eigenvalue weighted by Gasteiger charge is 2.14. The first-order chi connectivity index (χ1) is 8.73. The molecule has 0 bridgehead atoms. The first-order valence-corrected chi connectivity index (χ1v) is 6.39. The van der Waals surface area contributed by atoms with Crippen LogP contribution >= 0.6 is 22.7 Å². The van der Waals surface area contributed by atoms with E-state index in [0.717, 1.165) is 14.5 Å². The van der Waals surface area contributed by atoms with E-state index in [1.54, 1.807) is 25.3 Å². The van der Waals surface area contributed by atoms with E-state index in [4.69, 9.17) is 20.5 Å². The molecule has 0 aliphatic rings. The summed E-state index contributed by atoms with van der Waals surface area (Å²) in [6.07, 6.45) is 0. The Morgan fingerprint density at radius 1 is 1.06 bits per heavy atom. The molecule has 0 aliphatic carbocycles. The summed E-state index contributed by atoms with van der Waals surface area (Å²) < 4.78 is 7.08. The molecular weight excluding hydrogens is 266 g/mol. The molecule has 2 rings (SSSR count). The number of fused-ring (bicyclic) bond motifs is 1. The number of thiophene rings is 2.